The van der Waals surface area contributed by atoms with E-state index in [9.17, 15) is 4.79 Å². The molecule has 1 unspecified atom stereocenters. The Morgan fingerprint density at radius 2 is 1.94 bits per heavy atom. The number of methoxy groups -OCH3 is 1. The fourth-order valence-corrected chi connectivity index (χ4v) is 4.08. The molecule has 0 amide bonds. The minimum Gasteiger partial charge on any atom is -0.493 e. The van der Waals surface area contributed by atoms with Gasteiger partial charge in [-0.05, 0) is 35.7 Å². The maximum Gasteiger partial charge on any atom is 0.350 e. The van der Waals surface area contributed by atoms with Gasteiger partial charge >= 0.3 is 5.69 Å². The van der Waals surface area contributed by atoms with E-state index < -0.39 is 5.69 Å². The molecule has 4 N–H and O–H groups in total. The fourth-order valence-electron chi connectivity index (χ4n) is 4.08. The van der Waals surface area contributed by atoms with Gasteiger partial charge in [-0.3, -0.25) is 10.4 Å². The zero-order valence-electron chi connectivity index (χ0n) is 19.6. The molecule has 0 bridgehead atoms. The Morgan fingerprint density at radius 1 is 1.19 bits per heavy atom. The van der Waals surface area contributed by atoms with Gasteiger partial charge in [-0.2, -0.15) is 0 Å². The number of hydrogen-bond acceptors (Lipinski definition) is 8. The Bertz CT molecular complexity index is 1430. The van der Waals surface area contributed by atoms with Crippen LogP contribution in [0.15, 0.2) is 59.7 Å². The fraction of sp³-hybridized carbons (Fsp3) is 0.240. The van der Waals surface area contributed by atoms with Crippen molar-refractivity contribution in [3.8, 4) is 23.2 Å². The van der Waals surface area contributed by atoms with E-state index >= 15 is 0 Å². The number of H-pyrrole nitrogens is 1. The van der Waals surface area contributed by atoms with Crippen molar-refractivity contribution in [2.75, 3.05) is 20.3 Å². The summed E-state index contributed by atoms with van der Waals surface area (Å²) in [5.41, 5.74) is 7.57. The molecule has 5 rings (SSSR count). The summed E-state index contributed by atoms with van der Waals surface area (Å²) in [6, 6.07) is 12.8. The summed E-state index contributed by atoms with van der Waals surface area (Å²) in [6.07, 6.45) is 4.34. The molecule has 184 valence electrons. The molecule has 36 heavy (non-hydrogen) atoms. The number of nitrogens with two attached hydrogens (primary N) is 1. The maximum absolute atomic E-state index is 12.8. The Labute approximate surface area is 206 Å². The monoisotopic (exact) mass is 487 g/mol. The highest BCUT2D eigenvalue weighted by atomic mass is 16.5. The summed E-state index contributed by atoms with van der Waals surface area (Å²) in [6.45, 7) is 1.05. The summed E-state index contributed by atoms with van der Waals surface area (Å²) >= 11 is 0. The highest BCUT2D eigenvalue weighted by Gasteiger charge is 2.26. The number of nitrogens with zero attached hydrogens (tertiary/aromatic N) is 4. The molecule has 1 aliphatic heterocycles. The maximum atomic E-state index is 12.8. The van der Waals surface area contributed by atoms with Crippen molar-refractivity contribution < 1.29 is 14.2 Å². The Morgan fingerprint density at radius 3 is 2.67 bits per heavy atom. The standard InChI is InChI=1S/C25H25N7O4/c1-34-19-13-17(14-20-21(19)36-11-3-10-35-20)18(12-15-4-6-16(7-5-15)22(26)27)23-30-25(33)32(31-23)24-28-8-2-9-29-24/h2,4-9,13-14,18H,3,10-12H2,1H3,(H3,26,27)(H,30,31,33). The molecule has 1 atom stereocenters. The minimum absolute atomic E-state index is 0.00308. The van der Waals surface area contributed by atoms with Gasteiger partial charge in [0.05, 0.1) is 20.3 Å². The Hall–Kier alpha value is -4.67. The van der Waals surface area contributed by atoms with Gasteiger partial charge in [0.2, 0.25) is 5.75 Å². The summed E-state index contributed by atoms with van der Waals surface area (Å²) in [7, 11) is 1.58. The first-order valence-corrected chi connectivity index (χ1v) is 11.4. The number of fused-ring (bicyclic) bond motifs is 1. The van der Waals surface area contributed by atoms with Crippen LogP contribution < -0.4 is 25.6 Å². The van der Waals surface area contributed by atoms with Gasteiger partial charge in [-0.15, -0.1) is 9.78 Å². The second-order valence-corrected chi connectivity index (χ2v) is 8.24. The summed E-state index contributed by atoms with van der Waals surface area (Å²) in [5.74, 6) is 1.89. The summed E-state index contributed by atoms with van der Waals surface area (Å²) in [4.78, 5) is 24.0. The third kappa shape index (κ3) is 4.63. The van der Waals surface area contributed by atoms with Crippen LogP contribution in [0.1, 0.15) is 34.9 Å². The number of nitrogens with one attached hydrogen (secondary N) is 2. The predicted molar refractivity (Wildman–Crippen MR) is 131 cm³/mol. The molecule has 0 saturated carbocycles. The molecule has 0 aliphatic carbocycles. The molecule has 2 aromatic carbocycles. The molecule has 11 heteroatoms. The smallest absolute Gasteiger partial charge is 0.350 e. The van der Waals surface area contributed by atoms with Crippen molar-refractivity contribution in [2.24, 2.45) is 5.73 Å². The SMILES string of the molecule is COc1cc(C(Cc2ccc(C(=N)N)cc2)c2nn(-c3ncccn3)c(=O)[nH]2)cc2c1OCCCO2. The molecule has 0 saturated heterocycles. The number of ether oxygens (including phenoxy) is 3. The number of aromatic nitrogens is 5. The van der Waals surface area contributed by atoms with E-state index in [0.717, 1.165) is 22.2 Å². The predicted octanol–water partition coefficient (Wildman–Crippen LogP) is 2.18. The minimum atomic E-state index is -0.450. The van der Waals surface area contributed by atoms with Gasteiger partial charge in [0.1, 0.15) is 11.7 Å². The van der Waals surface area contributed by atoms with Crippen LogP contribution >= 0.6 is 0 Å². The molecule has 3 heterocycles. The lowest BCUT2D eigenvalue weighted by molar-refractivity contribution is 0.289. The lowest BCUT2D eigenvalue weighted by atomic mass is 9.90. The third-order valence-corrected chi connectivity index (χ3v) is 5.87. The van der Waals surface area contributed by atoms with Crippen LogP contribution in [0.2, 0.25) is 0 Å². The first-order chi connectivity index (χ1) is 17.5. The van der Waals surface area contributed by atoms with Crippen LogP contribution in [-0.4, -0.2) is 50.9 Å². The highest BCUT2D eigenvalue weighted by Crippen LogP contribution is 2.43. The van der Waals surface area contributed by atoms with Gasteiger partial charge in [-0.1, -0.05) is 24.3 Å². The van der Waals surface area contributed by atoms with Crippen molar-refractivity contribution in [3.05, 3.63) is 87.9 Å². The molecular formula is C25H25N7O4. The molecular weight excluding hydrogens is 462 g/mol. The second kappa shape index (κ2) is 9.90. The summed E-state index contributed by atoms with van der Waals surface area (Å²) in [5, 5.41) is 12.2. The van der Waals surface area contributed by atoms with Crippen molar-refractivity contribution in [2.45, 2.75) is 18.8 Å². The number of amidine groups is 1. The summed E-state index contributed by atoms with van der Waals surface area (Å²) < 4.78 is 18.6. The average Bonchev–Trinajstić information content (AvgIpc) is 3.12. The van der Waals surface area contributed by atoms with E-state index in [1.54, 1.807) is 37.7 Å². The van der Waals surface area contributed by atoms with Gasteiger partial charge in [-0.25, -0.2) is 14.8 Å². The van der Waals surface area contributed by atoms with Crippen molar-refractivity contribution in [3.63, 3.8) is 0 Å². The number of nitrogen functional groups attached to an aromatic ring is 1. The highest BCUT2D eigenvalue weighted by molar-refractivity contribution is 5.94. The lowest BCUT2D eigenvalue weighted by Gasteiger charge is -2.19. The van der Waals surface area contributed by atoms with Gasteiger partial charge in [0.25, 0.3) is 5.95 Å². The molecule has 2 aromatic heterocycles. The second-order valence-electron chi connectivity index (χ2n) is 8.24. The molecule has 4 aromatic rings. The van der Waals surface area contributed by atoms with Crippen molar-refractivity contribution in [1.29, 1.82) is 5.41 Å². The van der Waals surface area contributed by atoms with Crippen LogP contribution in [-0.2, 0) is 6.42 Å². The van der Waals surface area contributed by atoms with Gasteiger partial charge in [0.15, 0.2) is 11.5 Å². The first-order valence-electron chi connectivity index (χ1n) is 11.4. The topological polar surface area (TPSA) is 154 Å². The van der Waals surface area contributed by atoms with E-state index in [1.165, 1.54) is 0 Å². The average molecular weight is 488 g/mol. The molecule has 0 fully saturated rings. The van der Waals surface area contributed by atoms with Crippen LogP contribution in [0, 0.1) is 5.41 Å². The first kappa shape index (κ1) is 23.1. The van der Waals surface area contributed by atoms with E-state index in [-0.39, 0.29) is 17.7 Å². The van der Waals surface area contributed by atoms with Crippen LogP contribution in [0.5, 0.6) is 17.2 Å². The quantitative estimate of drug-likeness (QED) is 0.265. The number of benzene rings is 2. The zero-order valence-corrected chi connectivity index (χ0v) is 19.6. The lowest BCUT2D eigenvalue weighted by Crippen LogP contribution is -2.18. The van der Waals surface area contributed by atoms with E-state index in [2.05, 4.69) is 20.1 Å². The molecule has 1 aliphatic rings. The third-order valence-electron chi connectivity index (χ3n) is 5.87. The van der Waals surface area contributed by atoms with Crippen LogP contribution in [0.3, 0.4) is 0 Å². The normalized spacial score (nSPS) is 13.6. The van der Waals surface area contributed by atoms with Gasteiger partial charge in [0, 0.05) is 30.3 Å². The number of aromatic amines is 1. The number of hydrogen-bond donors (Lipinski definition) is 3. The Kier molecular flexibility index (Phi) is 6.35. The van der Waals surface area contributed by atoms with Crippen LogP contribution in [0.25, 0.3) is 5.95 Å². The van der Waals surface area contributed by atoms with E-state index in [4.69, 9.17) is 25.4 Å². The molecule has 0 radical (unpaired) electrons. The number of rotatable bonds is 7. The zero-order chi connectivity index (χ0) is 25.1. The Balaban J connectivity index is 1.61. The molecule has 11 nitrogen and oxygen atoms in total. The van der Waals surface area contributed by atoms with Crippen molar-refractivity contribution >= 4 is 5.84 Å². The van der Waals surface area contributed by atoms with E-state index in [0.29, 0.717) is 48.3 Å². The van der Waals surface area contributed by atoms with Crippen molar-refractivity contribution in [1.82, 2.24) is 24.7 Å². The van der Waals surface area contributed by atoms with Gasteiger partial charge < -0.3 is 19.9 Å². The van der Waals surface area contributed by atoms with E-state index in [1.807, 2.05) is 24.3 Å². The van der Waals surface area contributed by atoms with Crippen LogP contribution in [0.4, 0.5) is 0 Å². The largest absolute Gasteiger partial charge is 0.493 e. The molecule has 0 spiro atoms.